The Kier molecular flexibility index (Phi) is 5.06. The van der Waals surface area contributed by atoms with Crippen molar-refractivity contribution < 1.29 is 4.74 Å². The van der Waals surface area contributed by atoms with E-state index in [9.17, 15) is 0 Å². The van der Waals surface area contributed by atoms with Crippen LogP contribution in [0.5, 0.6) is 5.75 Å². The van der Waals surface area contributed by atoms with Crippen LogP contribution in [-0.4, -0.2) is 13.7 Å². The normalized spacial score (nSPS) is 12.2. The van der Waals surface area contributed by atoms with Gasteiger partial charge < -0.3 is 10.1 Å². The third kappa shape index (κ3) is 3.38. The van der Waals surface area contributed by atoms with Crippen LogP contribution in [0.15, 0.2) is 36.4 Å². The molecule has 2 heteroatoms. The van der Waals surface area contributed by atoms with Crippen molar-refractivity contribution in [3.8, 4) is 5.75 Å². The molecule has 0 aliphatic heterocycles. The fraction of sp³-hybridized carbons (Fsp3) is 0.429. The first kappa shape index (κ1) is 12.8. The Hall–Kier alpha value is -1.28. The zero-order valence-corrected chi connectivity index (χ0v) is 10.4. The van der Waals surface area contributed by atoms with E-state index in [-0.39, 0.29) is 6.04 Å². The average Bonchev–Trinajstić information content (AvgIpc) is 2.27. The molecule has 2 nitrogen and oxygen atoms in total. The Bertz CT molecular complexity index is 346. The van der Waals surface area contributed by atoms with Gasteiger partial charge in [-0.05, 0) is 38.1 Å². The molecule has 0 saturated heterocycles. The van der Waals surface area contributed by atoms with Gasteiger partial charge in [0.2, 0.25) is 0 Å². The Morgan fingerprint density at radius 2 is 2.25 bits per heavy atom. The van der Waals surface area contributed by atoms with Crippen LogP contribution < -0.4 is 10.1 Å². The number of nitrogens with one attached hydrogen (secondary N) is 1. The van der Waals surface area contributed by atoms with Gasteiger partial charge in [-0.1, -0.05) is 31.2 Å². The molecule has 16 heavy (non-hydrogen) atoms. The monoisotopic (exact) mass is 219 g/mol. The number of rotatable bonds is 6. The van der Waals surface area contributed by atoms with Gasteiger partial charge in [-0.2, -0.15) is 0 Å². The van der Waals surface area contributed by atoms with Gasteiger partial charge in [-0.15, -0.1) is 0 Å². The van der Waals surface area contributed by atoms with Crippen molar-refractivity contribution in [2.24, 2.45) is 0 Å². The van der Waals surface area contributed by atoms with Crippen molar-refractivity contribution >= 4 is 0 Å². The summed E-state index contributed by atoms with van der Waals surface area (Å²) in [4.78, 5) is 0. The van der Waals surface area contributed by atoms with Crippen molar-refractivity contribution in [3.63, 3.8) is 0 Å². The Morgan fingerprint density at radius 3 is 2.81 bits per heavy atom. The third-order valence-corrected chi connectivity index (χ3v) is 2.45. The van der Waals surface area contributed by atoms with Crippen LogP contribution in [0.3, 0.4) is 0 Å². The van der Waals surface area contributed by atoms with Gasteiger partial charge in [0.25, 0.3) is 0 Å². The van der Waals surface area contributed by atoms with Crippen molar-refractivity contribution in [2.75, 3.05) is 13.7 Å². The fourth-order valence-electron chi connectivity index (χ4n) is 1.70. The maximum Gasteiger partial charge on any atom is 0.119 e. The van der Waals surface area contributed by atoms with E-state index in [1.807, 2.05) is 26.1 Å². The van der Waals surface area contributed by atoms with Gasteiger partial charge in [0.05, 0.1) is 12.6 Å². The summed E-state index contributed by atoms with van der Waals surface area (Å²) in [6.07, 6.45) is 1.03. The Balaban J connectivity index is 2.83. The minimum absolute atomic E-state index is 0.199. The summed E-state index contributed by atoms with van der Waals surface area (Å²) in [6.45, 7) is 8.89. The fourth-order valence-corrected chi connectivity index (χ4v) is 1.70. The predicted molar refractivity (Wildman–Crippen MR) is 68.8 cm³/mol. The molecule has 0 aliphatic rings. The van der Waals surface area contributed by atoms with E-state index in [0.717, 1.165) is 24.4 Å². The van der Waals surface area contributed by atoms with E-state index in [2.05, 4.69) is 31.0 Å². The number of benzene rings is 1. The topological polar surface area (TPSA) is 21.3 Å². The quantitative estimate of drug-likeness (QED) is 0.741. The molecule has 0 aliphatic carbocycles. The lowest BCUT2D eigenvalue weighted by molar-refractivity contribution is 0.317. The molecule has 0 spiro atoms. The van der Waals surface area contributed by atoms with E-state index < -0.39 is 0 Å². The molecule has 1 N–H and O–H groups in total. The van der Waals surface area contributed by atoms with Crippen molar-refractivity contribution in [1.29, 1.82) is 0 Å². The van der Waals surface area contributed by atoms with Crippen LogP contribution in [-0.2, 0) is 0 Å². The summed E-state index contributed by atoms with van der Waals surface area (Å²) in [6, 6.07) is 8.38. The Morgan fingerprint density at radius 1 is 1.50 bits per heavy atom. The summed E-state index contributed by atoms with van der Waals surface area (Å²) in [5, 5.41) is 3.25. The Labute approximate surface area is 98.3 Å². The van der Waals surface area contributed by atoms with E-state index in [4.69, 9.17) is 4.74 Å². The number of hydrogen-bond acceptors (Lipinski definition) is 2. The maximum atomic E-state index is 5.61. The summed E-state index contributed by atoms with van der Waals surface area (Å²) >= 11 is 0. The van der Waals surface area contributed by atoms with E-state index in [1.54, 1.807) is 0 Å². The summed E-state index contributed by atoms with van der Waals surface area (Å²) in [5.74, 6) is 0.931. The smallest absolute Gasteiger partial charge is 0.119 e. The minimum atomic E-state index is 0.199. The van der Waals surface area contributed by atoms with Gasteiger partial charge >= 0.3 is 0 Å². The second-order valence-electron chi connectivity index (χ2n) is 3.99. The SMILES string of the molecule is C=C(C)C(NC)c1cccc(OCCC)c1. The standard InChI is InChI=1S/C14H21NO/c1-5-9-16-13-8-6-7-12(10-13)14(15-4)11(2)3/h6-8,10,14-15H,2,5,9H2,1,3-4H3. The van der Waals surface area contributed by atoms with E-state index in [0.29, 0.717) is 0 Å². The van der Waals surface area contributed by atoms with Crippen LogP contribution in [0.4, 0.5) is 0 Å². The second-order valence-corrected chi connectivity index (χ2v) is 3.99. The van der Waals surface area contributed by atoms with Crippen molar-refractivity contribution in [2.45, 2.75) is 26.3 Å². The number of likely N-dealkylation sites (N-methyl/N-ethyl adjacent to an activating group) is 1. The van der Waals surface area contributed by atoms with Gasteiger partial charge in [0.15, 0.2) is 0 Å². The van der Waals surface area contributed by atoms with Crippen LogP contribution in [0.25, 0.3) is 0 Å². The largest absolute Gasteiger partial charge is 0.494 e. The zero-order chi connectivity index (χ0) is 12.0. The van der Waals surface area contributed by atoms with Crippen molar-refractivity contribution in [1.82, 2.24) is 5.32 Å². The van der Waals surface area contributed by atoms with E-state index >= 15 is 0 Å². The molecule has 0 radical (unpaired) electrons. The molecule has 0 bridgehead atoms. The molecule has 1 aromatic carbocycles. The predicted octanol–water partition coefficient (Wildman–Crippen LogP) is 3.31. The molecule has 1 aromatic rings. The van der Waals surface area contributed by atoms with Crippen LogP contribution in [0.2, 0.25) is 0 Å². The lowest BCUT2D eigenvalue weighted by Gasteiger charge is -2.17. The highest BCUT2D eigenvalue weighted by atomic mass is 16.5. The zero-order valence-electron chi connectivity index (χ0n) is 10.4. The van der Waals surface area contributed by atoms with E-state index in [1.165, 1.54) is 5.56 Å². The molecule has 0 aromatic heterocycles. The first-order valence-corrected chi connectivity index (χ1v) is 5.74. The van der Waals surface area contributed by atoms with Crippen molar-refractivity contribution in [3.05, 3.63) is 42.0 Å². The highest BCUT2D eigenvalue weighted by molar-refractivity contribution is 5.33. The average molecular weight is 219 g/mol. The molecular formula is C14H21NO. The molecule has 0 saturated carbocycles. The summed E-state index contributed by atoms with van der Waals surface area (Å²) in [5.41, 5.74) is 2.30. The maximum absolute atomic E-state index is 5.61. The lowest BCUT2D eigenvalue weighted by Crippen LogP contribution is -2.17. The number of hydrogen-bond donors (Lipinski definition) is 1. The van der Waals surface area contributed by atoms with Crippen LogP contribution >= 0.6 is 0 Å². The molecule has 0 amide bonds. The molecular weight excluding hydrogens is 198 g/mol. The van der Waals surface area contributed by atoms with Gasteiger partial charge in [0, 0.05) is 0 Å². The molecule has 1 unspecified atom stereocenters. The lowest BCUT2D eigenvalue weighted by atomic mass is 10.0. The second kappa shape index (κ2) is 6.33. The van der Waals surface area contributed by atoms with Gasteiger partial charge in [0.1, 0.15) is 5.75 Å². The molecule has 0 heterocycles. The molecule has 88 valence electrons. The summed E-state index contributed by atoms with van der Waals surface area (Å²) < 4.78 is 5.61. The van der Waals surface area contributed by atoms with Gasteiger partial charge in [-0.25, -0.2) is 0 Å². The highest BCUT2D eigenvalue weighted by Gasteiger charge is 2.09. The first-order chi connectivity index (χ1) is 7.69. The molecule has 0 fully saturated rings. The third-order valence-electron chi connectivity index (χ3n) is 2.45. The molecule has 1 atom stereocenters. The number of ether oxygens (including phenoxy) is 1. The first-order valence-electron chi connectivity index (χ1n) is 5.74. The van der Waals surface area contributed by atoms with Gasteiger partial charge in [-0.3, -0.25) is 0 Å². The van der Waals surface area contributed by atoms with Crippen LogP contribution in [0.1, 0.15) is 31.9 Å². The highest BCUT2D eigenvalue weighted by Crippen LogP contribution is 2.23. The van der Waals surface area contributed by atoms with Crippen LogP contribution in [0, 0.1) is 0 Å². The minimum Gasteiger partial charge on any atom is -0.494 e. The molecule has 1 rings (SSSR count). The summed E-state index contributed by atoms with van der Waals surface area (Å²) in [7, 11) is 1.94.